The molecular formula is C24H26N4O7S2. The van der Waals surface area contributed by atoms with Crippen molar-refractivity contribution in [2.24, 2.45) is 0 Å². The maximum atomic E-state index is 13.4. The summed E-state index contributed by atoms with van der Waals surface area (Å²) in [6.45, 7) is 3.46. The Labute approximate surface area is 215 Å². The van der Waals surface area contributed by atoms with Gasteiger partial charge in [-0.3, -0.25) is 19.2 Å². The van der Waals surface area contributed by atoms with Crippen molar-refractivity contribution in [1.29, 1.82) is 0 Å². The van der Waals surface area contributed by atoms with E-state index in [1.165, 1.54) is 65.0 Å². The largest absolute Gasteiger partial charge is 0.325 e. The molecule has 0 spiro atoms. The number of amides is 1. The summed E-state index contributed by atoms with van der Waals surface area (Å²) in [4.78, 5) is 23.3. The van der Waals surface area contributed by atoms with E-state index in [-0.39, 0.29) is 26.9 Å². The van der Waals surface area contributed by atoms with Crippen LogP contribution in [0.4, 0.5) is 17.1 Å². The number of non-ortho nitro benzene ring substituents is 1. The van der Waals surface area contributed by atoms with Gasteiger partial charge in [0.1, 0.15) is 6.54 Å². The van der Waals surface area contributed by atoms with Crippen LogP contribution in [0.2, 0.25) is 0 Å². The number of carbonyl (C=O) groups is 1. The SMILES string of the molecule is CCN(CC)S(=O)(=O)c1ccc(NC(=O)CN(c2ccc([N+](=O)[O-])cc2)S(=O)(=O)c2ccccc2)cc1. The molecule has 0 aromatic heterocycles. The molecule has 196 valence electrons. The Morgan fingerprint density at radius 2 is 1.35 bits per heavy atom. The topological polar surface area (TPSA) is 147 Å². The number of hydrogen-bond donors (Lipinski definition) is 1. The van der Waals surface area contributed by atoms with Gasteiger partial charge in [-0.15, -0.1) is 0 Å². The number of sulfonamides is 2. The molecule has 0 unspecified atom stereocenters. The van der Waals surface area contributed by atoms with E-state index in [0.29, 0.717) is 13.1 Å². The number of carbonyl (C=O) groups excluding carboxylic acids is 1. The Bertz CT molecular complexity index is 1460. The molecule has 3 aromatic carbocycles. The van der Waals surface area contributed by atoms with E-state index in [4.69, 9.17) is 0 Å². The number of nitrogens with zero attached hydrogens (tertiary/aromatic N) is 3. The minimum Gasteiger partial charge on any atom is -0.325 e. The summed E-state index contributed by atoms with van der Waals surface area (Å²) < 4.78 is 54.2. The number of nitro groups is 1. The smallest absolute Gasteiger partial charge is 0.269 e. The molecule has 11 nitrogen and oxygen atoms in total. The van der Waals surface area contributed by atoms with E-state index < -0.39 is 37.4 Å². The fraction of sp³-hybridized carbons (Fsp3) is 0.208. The lowest BCUT2D eigenvalue weighted by Crippen LogP contribution is -2.38. The number of nitrogens with one attached hydrogen (secondary N) is 1. The first kappa shape index (κ1) is 27.8. The Morgan fingerprint density at radius 3 is 1.86 bits per heavy atom. The van der Waals surface area contributed by atoms with Crippen LogP contribution in [0.5, 0.6) is 0 Å². The van der Waals surface area contributed by atoms with Crippen molar-refractivity contribution in [3.63, 3.8) is 0 Å². The van der Waals surface area contributed by atoms with E-state index >= 15 is 0 Å². The van der Waals surface area contributed by atoms with Crippen molar-refractivity contribution >= 4 is 43.0 Å². The monoisotopic (exact) mass is 546 g/mol. The van der Waals surface area contributed by atoms with Gasteiger partial charge in [-0.2, -0.15) is 4.31 Å². The maximum Gasteiger partial charge on any atom is 0.269 e. The van der Waals surface area contributed by atoms with Crippen molar-refractivity contribution in [2.45, 2.75) is 23.6 Å². The lowest BCUT2D eigenvalue weighted by molar-refractivity contribution is -0.384. The molecule has 0 heterocycles. The van der Waals surface area contributed by atoms with Gasteiger partial charge in [0.2, 0.25) is 15.9 Å². The van der Waals surface area contributed by atoms with Crippen molar-refractivity contribution in [3.05, 3.63) is 89.0 Å². The first-order chi connectivity index (χ1) is 17.5. The van der Waals surface area contributed by atoms with Crippen LogP contribution < -0.4 is 9.62 Å². The lowest BCUT2D eigenvalue weighted by Gasteiger charge is -2.24. The molecule has 0 aliphatic carbocycles. The first-order valence-electron chi connectivity index (χ1n) is 11.2. The summed E-state index contributed by atoms with van der Waals surface area (Å²) in [5.41, 5.74) is 0.0968. The number of rotatable bonds is 11. The number of benzene rings is 3. The quantitative estimate of drug-likeness (QED) is 0.286. The zero-order valence-corrected chi connectivity index (χ0v) is 21.8. The fourth-order valence-corrected chi connectivity index (χ4v) is 6.43. The van der Waals surface area contributed by atoms with E-state index in [0.717, 1.165) is 16.4 Å². The summed E-state index contributed by atoms with van der Waals surface area (Å²) in [5.74, 6) is -0.697. The molecule has 1 N–H and O–H groups in total. The van der Waals surface area contributed by atoms with E-state index in [2.05, 4.69) is 5.32 Å². The predicted octanol–water partition coefficient (Wildman–Crippen LogP) is 3.46. The normalized spacial score (nSPS) is 11.8. The molecule has 0 aliphatic heterocycles. The van der Waals surface area contributed by atoms with Crippen molar-refractivity contribution < 1.29 is 26.6 Å². The number of hydrogen-bond acceptors (Lipinski definition) is 7. The van der Waals surface area contributed by atoms with Crippen molar-refractivity contribution in [2.75, 3.05) is 29.3 Å². The second kappa shape index (κ2) is 11.5. The third-order valence-corrected chi connectivity index (χ3v) is 9.30. The molecule has 0 saturated carbocycles. The average molecular weight is 547 g/mol. The van der Waals surface area contributed by atoms with E-state index in [1.807, 2.05) is 0 Å². The molecule has 37 heavy (non-hydrogen) atoms. The van der Waals surface area contributed by atoms with Crippen LogP contribution >= 0.6 is 0 Å². The summed E-state index contributed by atoms with van der Waals surface area (Å²) >= 11 is 0. The highest BCUT2D eigenvalue weighted by Crippen LogP contribution is 2.26. The van der Waals surface area contributed by atoms with Gasteiger partial charge in [-0.05, 0) is 48.5 Å². The minimum atomic E-state index is -4.20. The van der Waals surface area contributed by atoms with Crippen LogP contribution in [-0.2, 0) is 24.8 Å². The molecule has 1 amide bonds. The summed E-state index contributed by atoms with van der Waals surface area (Å²) in [5, 5.41) is 13.6. The second-order valence-electron chi connectivity index (χ2n) is 7.76. The zero-order valence-electron chi connectivity index (χ0n) is 20.1. The van der Waals surface area contributed by atoms with Crippen LogP contribution in [0.3, 0.4) is 0 Å². The number of anilines is 2. The number of nitro benzene ring substituents is 1. The standard InChI is InChI=1S/C24H26N4O7S2/c1-3-26(4-2)36(32,33)23-16-10-19(11-17-23)25-24(29)18-27(20-12-14-21(15-13-20)28(30)31)37(34,35)22-8-6-5-7-9-22/h5-17H,3-4,18H2,1-2H3,(H,25,29). The highest BCUT2D eigenvalue weighted by Gasteiger charge is 2.28. The Kier molecular flexibility index (Phi) is 8.63. The summed E-state index contributed by atoms with van der Waals surface area (Å²) in [6.07, 6.45) is 0. The van der Waals surface area contributed by atoms with Crippen LogP contribution in [-0.4, -0.2) is 51.6 Å². The molecule has 0 saturated heterocycles. The molecule has 0 fully saturated rings. The van der Waals surface area contributed by atoms with Gasteiger partial charge in [0.15, 0.2) is 0 Å². The molecule has 3 aromatic rings. The molecule has 13 heteroatoms. The van der Waals surface area contributed by atoms with Crippen molar-refractivity contribution in [3.8, 4) is 0 Å². The highest BCUT2D eigenvalue weighted by atomic mass is 32.2. The van der Waals surface area contributed by atoms with Crippen LogP contribution in [0, 0.1) is 10.1 Å². The van der Waals surface area contributed by atoms with E-state index in [1.54, 1.807) is 19.9 Å². The van der Waals surface area contributed by atoms with Gasteiger partial charge in [0, 0.05) is 30.9 Å². The minimum absolute atomic E-state index is 0.0604. The molecule has 0 aliphatic rings. The van der Waals surface area contributed by atoms with E-state index in [9.17, 15) is 31.7 Å². The Morgan fingerprint density at radius 1 is 0.811 bits per heavy atom. The van der Waals surface area contributed by atoms with Crippen LogP contribution in [0.1, 0.15) is 13.8 Å². The van der Waals surface area contributed by atoms with Gasteiger partial charge in [-0.1, -0.05) is 32.0 Å². The van der Waals surface area contributed by atoms with Gasteiger partial charge in [0.25, 0.3) is 15.7 Å². The molecule has 0 bridgehead atoms. The highest BCUT2D eigenvalue weighted by molar-refractivity contribution is 7.92. The third-order valence-electron chi connectivity index (χ3n) is 5.45. The third kappa shape index (κ3) is 6.31. The van der Waals surface area contributed by atoms with Gasteiger partial charge in [-0.25, -0.2) is 16.8 Å². The second-order valence-corrected chi connectivity index (χ2v) is 11.6. The lowest BCUT2D eigenvalue weighted by atomic mass is 10.3. The zero-order chi connectivity index (χ0) is 27.2. The molecular weight excluding hydrogens is 520 g/mol. The molecule has 0 radical (unpaired) electrons. The fourth-order valence-electron chi connectivity index (χ4n) is 3.53. The van der Waals surface area contributed by atoms with Gasteiger partial charge in [0.05, 0.1) is 20.4 Å². The average Bonchev–Trinajstić information content (AvgIpc) is 2.88. The Balaban J connectivity index is 1.87. The van der Waals surface area contributed by atoms with Gasteiger partial charge >= 0.3 is 0 Å². The predicted molar refractivity (Wildman–Crippen MR) is 139 cm³/mol. The molecule has 0 atom stereocenters. The maximum absolute atomic E-state index is 13.4. The Hall–Kier alpha value is -3.81. The summed E-state index contributed by atoms with van der Waals surface area (Å²) in [7, 11) is -7.87. The summed E-state index contributed by atoms with van der Waals surface area (Å²) in [6, 6.07) is 17.8. The van der Waals surface area contributed by atoms with Crippen molar-refractivity contribution in [1.82, 2.24) is 4.31 Å². The molecule has 3 rings (SSSR count). The van der Waals surface area contributed by atoms with Crippen LogP contribution in [0.15, 0.2) is 88.7 Å². The van der Waals surface area contributed by atoms with Crippen LogP contribution in [0.25, 0.3) is 0 Å². The first-order valence-corrected chi connectivity index (χ1v) is 14.1. The van der Waals surface area contributed by atoms with Gasteiger partial charge < -0.3 is 5.32 Å².